The summed E-state index contributed by atoms with van der Waals surface area (Å²) in [6, 6.07) is 7.72. The first-order valence-corrected chi connectivity index (χ1v) is 5.58. The van der Waals surface area contributed by atoms with Crippen molar-refractivity contribution in [2.24, 2.45) is 5.73 Å². The van der Waals surface area contributed by atoms with Crippen molar-refractivity contribution in [3.8, 4) is 0 Å². The van der Waals surface area contributed by atoms with E-state index in [-0.39, 0.29) is 6.04 Å². The summed E-state index contributed by atoms with van der Waals surface area (Å²) in [5.41, 5.74) is 9.41. The molecule has 1 aromatic heterocycles. The molecule has 2 N–H and O–H groups in total. The smallest absolute Gasteiger partial charge is 0.0935 e. The summed E-state index contributed by atoms with van der Waals surface area (Å²) in [6.07, 6.45) is 4.14. The first-order valence-electron chi connectivity index (χ1n) is 5.20. The summed E-state index contributed by atoms with van der Waals surface area (Å²) in [4.78, 5) is 0. The molecular weight excluding hydrogens is 222 g/mol. The Morgan fingerprint density at radius 2 is 2.19 bits per heavy atom. The highest BCUT2D eigenvalue weighted by Crippen LogP contribution is 2.25. The summed E-state index contributed by atoms with van der Waals surface area (Å²) < 4.78 is 5.02. The fourth-order valence-corrected chi connectivity index (χ4v) is 1.98. The highest BCUT2D eigenvalue weighted by molar-refractivity contribution is 6.31. The van der Waals surface area contributed by atoms with Gasteiger partial charge in [-0.25, -0.2) is 0 Å². The Morgan fingerprint density at radius 1 is 1.38 bits per heavy atom. The van der Waals surface area contributed by atoms with Gasteiger partial charge in [-0.15, -0.1) is 0 Å². The van der Waals surface area contributed by atoms with E-state index in [0.29, 0.717) is 0 Å². The zero-order valence-electron chi connectivity index (χ0n) is 9.11. The van der Waals surface area contributed by atoms with Crippen LogP contribution in [0.25, 0.3) is 0 Å². The minimum absolute atomic E-state index is 0.0451. The highest BCUT2D eigenvalue weighted by Gasteiger charge is 2.11. The van der Waals surface area contributed by atoms with Gasteiger partial charge in [0.05, 0.1) is 12.5 Å². The molecule has 2 aromatic rings. The molecule has 2 rings (SSSR count). The first-order chi connectivity index (χ1) is 7.68. The third-order valence-electron chi connectivity index (χ3n) is 2.74. The van der Waals surface area contributed by atoms with E-state index in [2.05, 4.69) is 0 Å². The molecule has 84 valence electrons. The number of hydrogen-bond acceptors (Lipinski definition) is 2. The molecule has 1 atom stereocenters. The predicted octanol–water partition coefficient (Wildman–Crippen LogP) is 3.48. The van der Waals surface area contributed by atoms with Gasteiger partial charge in [-0.3, -0.25) is 0 Å². The lowest BCUT2D eigenvalue weighted by Gasteiger charge is -2.14. The molecule has 0 aliphatic carbocycles. The van der Waals surface area contributed by atoms with Crippen LogP contribution in [0.3, 0.4) is 0 Å². The Balaban J connectivity index is 2.21. The monoisotopic (exact) mass is 235 g/mol. The summed E-state index contributed by atoms with van der Waals surface area (Å²) >= 11 is 6.07. The Hall–Kier alpha value is -1.25. The van der Waals surface area contributed by atoms with Crippen LogP contribution in [-0.2, 0) is 6.42 Å². The molecule has 3 heteroatoms. The molecule has 0 saturated heterocycles. The van der Waals surface area contributed by atoms with Crippen LogP contribution in [0.5, 0.6) is 0 Å². The average Bonchev–Trinajstić information content (AvgIpc) is 2.74. The van der Waals surface area contributed by atoms with Gasteiger partial charge in [0, 0.05) is 11.1 Å². The highest BCUT2D eigenvalue weighted by atomic mass is 35.5. The van der Waals surface area contributed by atoms with Gasteiger partial charge in [-0.2, -0.15) is 0 Å². The van der Waals surface area contributed by atoms with Crippen molar-refractivity contribution < 1.29 is 4.42 Å². The van der Waals surface area contributed by atoms with Crippen LogP contribution < -0.4 is 5.73 Å². The second kappa shape index (κ2) is 4.73. The van der Waals surface area contributed by atoms with Crippen molar-refractivity contribution >= 4 is 11.6 Å². The first kappa shape index (κ1) is 11.2. The maximum absolute atomic E-state index is 6.16. The maximum atomic E-state index is 6.16. The fraction of sp³-hybridized carbons (Fsp3) is 0.231. The zero-order valence-corrected chi connectivity index (χ0v) is 9.87. The van der Waals surface area contributed by atoms with Gasteiger partial charge >= 0.3 is 0 Å². The number of halogens is 1. The van der Waals surface area contributed by atoms with Gasteiger partial charge < -0.3 is 10.2 Å². The van der Waals surface area contributed by atoms with Crippen LogP contribution in [0.2, 0.25) is 5.02 Å². The number of rotatable bonds is 3. The van der Waals surface area contributed by atoms with Gasteiger partial charge in [0.2, 0.25) is 0 Å². The summed E-state index contributed by atoms with van der Waals surface area (Å²) in [5, 5.41) is 0.764. The van der Waals surface area contributed by atoms with Crippen molar-refractivity contribution in [2.45, 2.75) is 19.4 Å². The predicted molar refractivity (Wildman–Crippen MR) is 65.5 cm³/mol. The molecule has 0 saturated carbocycles. The fourth-order valence-electron chi connectivity index (χ4n) is 1.80. The zero-order chi connectivity index (χ0) is 11.5. The molecule has 1 aromatic carbocycles. The number of furan rings is 1. The number of benzene rings is 1. The lowest BCUT2D eigenvalue weighted by molar-refractivity contribution is 0.561. The van der Waals surface area contributed by atoms with E-state index in [1.54, 1.807) is 12.5 Å². The standard InChI is InChI=1S/C13H14ClNO/c1-9-11(3-2-4-12(9)14)13(15)7-10-5-6-16-8-10/h2-6,8,13H,7,15H2,1H3. The average molecular weight is 236 g/mol. The quantitative estimate of drug-likeness (QED) is 0.885. The minimum atomic E-state index is -0.0451. The Bertz CT molecular complexity index is 465. The number of hydrogen-bond donors (Lipinski definition) is 1. The molecule has 16 heavy (non-hydrogen) atoms. The van der Waals surface area contributed by atoms with Crippen molar-refractivity contribution in [1.82, 2.24) is 0 Å². The Labute approximate surface area is 100 Å². The largest absolute Gasteiger partial charge is 0.472 e. The van der Waals surface area contributed by atoms with E-state index >= 15 is 0 Å². The molecular formula is C13H14ClNO. The third-order valence-corrected chi connectivity index (χ3v) is 3.15. The van der Waals surface area contributed by atoms with E-state index in [1.165, 1.54) is 0 Å². The van der Waals surface area contributed by atoms with Crippen molar-refractivity contribution in [2.75, 3.05) is 0 Å². The normalized spacial score (nSPS) is 12.7. The van der Waals surface area contributed by atoms with Crippen LogP contribution in [0.4, 0.5) is 0 Å². The maximum Gasteiger partial charge on any atom is 0.0935 e. The Kier molecular flexibility index (Phi) is 3.32. The third kappa shape index (κ3) is 2.29. The topological polar surface area (TPSA) is 39.2 Å². The SMILES string of the molecule is Cc1c(Cl)cccc1C(N)Cc1ccoc1. The van der Waals surface area contributed by atoms with E-state index in [4.69, 9.17) is 21.8 Å². The van der Waals surface area contributed by atoms with Crippen molar-refractivity contribution in [3.05, 3.63) is 58.5 Å². The van der Waals surface area contributed by atoms with Gasteiger partial charge in [-0.05, 0) is 42.2 Å². The molecule has 0 bridgehead atoms. The second-order valence-electron chi connectivity index (χ2n) is 3.90. The van der Waals surface area contributed by atoms with E-state index in [9.17, 15) is 0 Å². The molecule has 0 radical (unpaired) electrons. The number of nitrogens with two attached hydrogens (primary N) is 1. The van der Waals surface area contributed by atoms with Crippen molar-refractivity contribution in [3.63, 3.8) is 0 Å². The second-order valence-corrected chi connectivity index (χ2v) is 4.30. The van der Waals surface area contributed by atoms with E-state index in [0.717, 1.165) is 28.1 Å². The molecule has 0 aliphatic rings. The summed E-state index contributed by atoms with van der Waals surface area (Å²) in [5.74, 6) is 0. The van der Waals surface area contributed by atoms with Gasteiger partial charge in [-0.1, -0.05) is 23.7 Å². The molecule has 0 spiro atoms. The molecule has 0 aliphatic heterocycles. The van der Waals surface area contributed by atoms with Crippen LogP contribution in [-0.4, -0.2) is 0 Å². The van der Waals surface area contributed by atoms with E-state index in [1.807, 2.05) is 31.2 Å². The molecule has 2 nitrogen and oxygen atoms in total. The molecule has 1 unspecified atom stereocenters. The van der Waals surface area contributed by atoms with Gasteiger partial charge in [0.1, 0.15) is 0 Å². The van der Waals surface area contributed by atoms with Crippen LogP contribution in [0, 0.1) is 6.92 Å². The lowest BCUT2D eigenvalue weighted by Crippen LogP contribution is -2.14. The van der Waals surface area contributed by atoms with Gasteiger partial charge in [0.15, 0.2) is 0 Å². The minimum Gasteiger partial charge on any atom is -0.472 e. The van der Waals surface area contributed by atoms with Crippen LogP contribution in [0.15, 0.2) is 41.2 Å². The summed E-state index contributed by atoms with van der Waals surface area (Å²) in [6.45, 7) is 1.99. The Morgan fingerprint density at radius 3 is 2.88 bits per heavy atom. The van der Waals surface area contributed by atoms with Crippen molar-refractivity contribution in [1.29, 1.82) is 0 Å². The van der Waals surface area contributed by atoms with Crippen LogP contribution >= 0.6 is 11.6 Å². The van der Waals surface area contributed by atoms with Crippen LogP contribution in [0.1, 0.15) is 22.7 Å². The molecule has 0 amide bonds. The molecule has 0 fully saturated rings. The molecule has 1 heterocycles. The van der Waals surface area contributed by atoms with Gasteiger partial charge in [0.25, 0.3) is 0 Å². The van der Waals surface area contributed by atoms with E-state index < -0.39 is 0 Å². The summed E-state index contributed by atoms with van der Waals surface area (Å²) in [7, 11) is 0. The lowest BCUT2D eigenvalue weighted by atomic mass is 9.97.